The Labute approximate surface area is 114 Å². The lowest BCUT2D eigenvalue weighted by atomic mass is 10.1. The number of aldehydes is 1. The van der Waals surface area contributed by atoms with E-state index < -0.39 is 11.7 Å². The van der Waals surface area contributed by atoms with Crippen LogP contribution in [0.1, 0.15) is 21.5 Å². The number of anilines is 1. The molecule has 0 unspecified atom stereocenters. The van der Waals surface area contributed by atoms with E-state index in [0.717, 1.165) is 29.7 Å². The lowest BCUT2D eigenvalue weighted by molar-refractivity contribution is -0.137. The third kappa shape index (κ3) is 3.60. The average molecular weight is 279 g/mol. The number of halogens is 3. The van der Waals surface area contributed by atoms with E-state index in [9.17, 15) is 18.0 Å². The van der Waals surface area contributed by atoms with Gasteiger partial charge in [0.2, 0.25) is 0 Å². The van der Waals surface area contributed by atoms with Gasteiger partial charge in [0.1, 0.15) is 6.29 Å². The van der Waals surface area contributed by atoms with Crippen molar-refractivity contribution in [2.45, 2.75) is 12.7 Å². The zero-order valence-corrected chi connectivity index (χ0v) is 10.4. The fourth-order valence-electron chi connectivity index (χ4n) is 1.70. The average Bonchev–Trinajstić information content (AvgIpc) is 2.45. The minimum absolute atomic E-state index is 0.415. The Balaban J connectivity index is 1.98. The molecule has 2 rings (SSSR count). The van der Waals surface area contributed by atoms with Crippen LogP contribution >= 0.6 is 0 Å². The van der Waals surface area contributed by atoms with Gasteiger partial charge in [-0.15, -0.1) is 0 Å². The van der Waals surface area contributed by atoms with E-state index in [1.807, 2.05) is 0 Å². The summed E-state index contributed by atoms with van der Waals surface area (Å²) in [5, 5.41) is 3.07. The van der Waals surface area contributed by atoms with E-state index in [-0.39, 0.29) is 0 Å². The van der Waals surface area contributed by atoms with Crippen LogP contribution in [-0.2, 0) is 12.7 Å². The number of rotatable bonds is 4. The lowest BCUT2D eigenvalue weighted by Crippen LogP contribution is -2.05. The Kier molecular flexibility index (Phi) is 4.08. The van der Waals surface area contributed by atoms with E-state index >= 15 is 0 Å². The van der Waals surface area contributed by atoms with Crippen LogP contribution in [0.25, 0.3) is 0 Å². The van der Waals surface area contributed by atoms with Crippen molar-refractivity contribution in [1.82, 2.24) is 0 Å². The van der Waals surface area contributed by atoms with Crippen molar-refractivity contribution in [3.05, 3.63) is 65.2 Å². The first-order valence-electron chi connectivity index (χ1n) is 5.94. The summed E-state index contributed by atoms with van der Waals surface area (Å²) in [5.41, 5.74) is 1.47. The summed E-state index contributed by atoms with van der Waals surface area (Å²) in [6, 6.07) is 11.8. The van der Waals surface area contributed by atoms with E-state index in [2.05, 4.69) is 5.32 Å². The van der Waals surface area contributed by atoms with E-state index in [1.54, 1.807) is 24.3 Å². The predicted molar refractivity (Wildman–Crippen MR) is 70.6 cm³/mol. The molecule has 2 aromatic carbocycles. The van der Waals surface area contributed by atoms with Gasteiger partial charge in [-0.2, -0.15) is 13.2 Å². The maximum absolute atomic E-state index is 12.4. The van der Waals surface area contributed by atoms with Crippen LogP contribution in [0.2, 0.25) is 0 Å². The number of nitrogens with one attached hydrogen (secondary N) is 1. The maximum atomic E-state index is 12.4. The summed E-state index contributed by atoms with van der Waals surface area (Å²) < 4.78 is 37.2. The van der Waals surface area contributed by atoms with Crippen molar-refractivity contribution in [3.63, 3.8) is 0 Å². The van der Waals surface area contributed by atoms with Gasteiger partial charge >= 0.3 is 6.18 Å². The highest BCUT2D eigenvalue weighted by atomic mass is 19.4. The fraction of sp³-hybridized carbons (Fsp3) is 0.133. The third-order valence-electron chi connectivity index (χ3n) is 2.82. The largest absolute Gasteiger partial charge is 0.416 e. The summed E-state index contributed by atoms with van der Waals surface area (Å²) in [5.74, 6) is 0. The van der Waals surface area contributed by atoms with Gasteiger partial charge in [-0.1, -0.05) is 12.1 Å². The first kappa shape index (κ1) is 14.1. The summed E-state index contributed by atoms with van der Waals surface area (Å²) in [6.45, 7) is 0.415. The number of benzene rings is 2. The molecule has 1 N–H and O–H groups in total. The van der Waals surface area contributed by atoms with Gasteiger partial charge in [0, 0.05) is 17.8 Å². The normalized spacial score (nSPS) is 11.2. The van der Waals surface area contributed by atoms with Crippen LogP contribution in [-0.4, -0.2) is 6.29 Å². The highest BCUT2D eigenvalue weighted by Crippen LogP contribution is 2.29. The molecule has 0 aliphatic carbocycles. The summed E-state index contributed by atoms with van der Waals surface area (Å²) in [7, 11) is 0. The van der Waals surface area contributed by atoms with Crippen LogP contribution in [0.3, 0.4) is 0 Å². The molecule has 0 aliphatic heterocycles. The Morgan fingerprint density at radius 2 is 1.55 bits per heavy atom. The van der Waals surface area contributed by atoms with Crippen molar-refractivity contribution >= 4 is 12.0 Å². The first-order valence-corrected chi connectivity index (χ1v) is 5.94. The summed E-state index contributed by atoms with van der Waals surface area (Å²) in [4.78, 5) is 10.5. The van der Waals surface area contributed by atoms with Crippen LogP contribution in [0.5, 0.6) is 0 Å². The molecule has 0 heterocycles. The second kappa shape index (κ2) is 5.77. The van der Waals surface area contributed by atoms with Crippen LogP contribution in [0, 0.1) is 0 Å². The topological polar surface area (TPSA) is 29.1 Å². The molecule has 0 saturated carbocycles. The molecule has 0 fully saturated rings. The minimum Gasteiger partial charge on any atom is -0.381 e. The van der Waals surface area contributed by atoms with E-state index in [0.29, 0.717) is 12.1 Å². The molecule has 0 atom stereocenters. The number of hydrogen-bond acceptors (Lipinski definition) is 2. The predicted octanol–water partition coefficient (Wildman–Crippen LogP) is 4.13. The van der Waals surface area contributed by atoms with Gasteiger partial charge in [-0.25, -0.2) is 0 Å². The third-order valence-corrected chi connectivity index (χ3v) is 2.82. The van der Waals surface area contributed by atoms with Crippen molar-refractivity contribution in [3.8, 4) is 0 Å². The number of carbonyl (C=O) groups is 1. The molecule has 2 nitrogen and oxygen atoms in total. The maximum Gasteiger partial charge on any atom is 0.416 e. The van der Waals surface area contributed by atoms with Crippen molar-refractivity contribution in [1.29, 1.82) is 0 Å². The summed E-state index contributed by atoms with van der Waals surface area (Å²) >= 11 is 0. The number of hydrogen-bond donors (Lipinski definition) is 1. The van der Waals surface area contributed by atoms with Gasteiger partial charge in [0.15, 0.2) is 0 Å². The number of alkyl halides is 3. The highest BCUT2D eigenvalue weighted by Gasteiger charge is 2.29. The molecular formula is C15H12F3NO. The zero-order chi connectivity index (χ0) is 14.6. The molecule has 0 bridgehead atoms. The molecule has 5 heteroatoms. The van der Waals surface area contributed by atoms with Crippen molar-refractivity contribution in [2.75, 3.05) is 5.32 Å². The fourth-order valence-corrected chi connectivity index (χ4v) is 1.70. The Morgan fingerprint density at radius 1 is 0.950 bits per heavy atom. The minimum atomic E-state index is -4.31. The van der Waals surface area contributed by atoms with Gasteiger partial charge in [0.25, 0.3) is 0 Å². The second-order valence-corrected chi connectivity index (χ2v) is 4.29. The Hall–Kier alpha value is -2.30. The molecule has 0 spiro atoms. The molecule has 0 aliphatic rings. The van der Waals surface area contributed by atoms with Crippen LogP contribution in [0.15, 0.2) is 48.5 Å². The number of carbonyl (C=O) groups excluding carboxylic acids is 1. The zero-order valence-electron chi connectivity index (χ0n) is 10.4. The van der Waals surface area contributed by atoms with E-state index in [4.69, 9.17) is 0 Å². The lowest BCUT2D eigenvalue weighted by Gasteiger charge is -2.09. The Morgan fingerprint density at radius 3 is 2.05 bits per heavy atom. The molecule has 20 heavy (non-hydrogen) atoms. The molecule has 0 aromatic heterocycles. The first-order chi connectivity index (χ1) is 9.49. The van der Waals surface area contributed by atoms with Gasteiger partial charge in [-0.3, -0.25) is 4.79 Å². The van der Waals surface area contributed by atoms with Gasteiger partial charge < -0.3 is 5.32 Å². The summed E-state index contributed by atoms with van der Waals surface area (Å²) in [6.07, 6.45) is -3.56. The standard InChI is InChI=1S/C15H12F3NO/c16-15(17,18)13-5-1-11(2-6-13)9-19-14-7-3-12(10-20)4-8-14/h1-8,10,19H,9H2. The van der Waals surface area contributed by atoms with Crippen LogP contribution < -0.4 is 5.32 Å². The Bertz CT molecular complexity index is 574. The van der Waals surface area contributed by atoms with Gasteiger partial charge in [-0.05, 0) is 42.0 Å². The molecule has 0 radical (unpaired) electrons. The smallest absolute Gasteiger partial charge is 0.381 e. The van der Waals surface area contributed by atoms with Crippen LogP contribution in [0.4, 0.5) is 18.9 Å². The molecule has 0 saturated heterocycles. The second-order valence-electron chi connectivity index (χ2n) is 4.29. The monoisotopic (exact) mass is 279 g/mol. The molecular weight excluding hydrogens is 267 g/mol. The SMILES string of the molecule is O=Cc1ccc(NCc2ccc(C(F)(F)F)cc2)cc1. The molecule has 104 valence electrons. The van der Waals surface area contributed by atoms with Crippen molar-refractivity contribution in [2.24, 2.45) is 0 Å². The molecule has 2 aromatic rings. The van der Waals surface area contributed by atoms with Gasteiger partial charge in [0.05, 0.1) is 5.56 Å². The van der Waals surface area contributed by atoms with E-state index in [1.165, 1.54) is 12.1 Å². The molecule has 0 amide bonds. The highest BCUT2D eigenvalue weighted by molar-refractivity contribution is 5.75. The van der Waals surface area contributed by atoms with Crippen molar-refractivity contribution < 1.29 is 18.0 Å². The quantitative estimate of drug-likeness (QED) is 0.853.